The molecular weight excluding hydrogens is 240 g/mol. The van der Waals surface area contributed by atoms with Crippen molar-refractivity contribution in [3.05, 3.63) is 36.0 Å². The highest BCUT2D eigenvalue weighted by Gasteiger charge is 2.38. The molecule has 4 heteroatoms. The molecule has 0 radical (unpaired) electrons. The first-order valence-electron chi connectivity index (χ1n) is 6.60. The number of hydrogen-bond donors (Lipinski definition) is 2. The van der Waals surface area contributed by atoms with Gasteiger partial charge < -0.3 is 15.0 Å². The van der Waals surface area contributed by atoms with E-state index in [4.69, 9.17) is 4.74 Å². The zero-order valence-electron chi connectivity index (χ0n) is 11.2. The Morgan fingerprint density at radius 3 is 3.05 bits per heavy atom. The summed E-state index contributed by atoms with van der Waals surface area (Å²) in [6, 6.07) is 7.69. The Hall–Kier alpha value is -1.81. The number of ether oxygens (including phenoxy) is 1. The predicted octanol–water partition coefficient (Wildman–Crippen LogP) is 2.47. The molecular formula is C15H18N2O2. The lowest BCUT2D eigenvalue weighted by atomic mass is 9.94. The number of amides is 1. The van der Waals surface area contributed by atoms with Gasteiger partial charge in [0.05, 0.1) is 11.6 Å². The third-order valence-corrected chi connectivity index (χ3v) is 4.10. The first-order chi connectivity index (χ1) is 9.08. The van der Waals surface area contributed by atoms with Crippen LogP contribution in [0.5, 0.6) is 0 Å². The lowest BCUT2D eigenvalue weighted by Crippen LogP contribution is -2.50. The van der Waals surface area contributed by atoms with E-state index >= 15 is 0 Å². The molecule has 2 aromatic rings. The molecule has 1 aromatic carbocycles. The fraction of sp³-hybridized carbons (Fsp3) is 0.400. The van der Waals surface area contributed by atoms with Crippen LogP contribution in [0, 0.1) is 0 Å². The molecule has 0 aliphatic carbocycles. The fourth-order valence-electron chi connectivity index (χ4n) is 2.52. The van der Waals surface area contributed by atoms with E-state index in [-0.39, 0.29) is 17.6 Å². The van der Waals surface area contributed by atoms with Gasteiger partial charge in [-0.25, -0.2) is 0 Å². The van der Waals surface area contributed by atoms with Gasteiger partial charge in [-0.2, -0.15) is 0 Å². The van der Waals surface area contributed by atoms with Crippen molar-refractivity contribution in [1.82, 2.24) is 10.3 Å². The van der Waals surface area contributed by atoms with Crippen molar-refractivity contribution in [3.63, 3.8) is 0 Å². The Balaban J connectivity index is 1.83. The summed E-state index contributed by atoms with van der Waals surface area (Å²) in [4.78, 5) is 15.5. The predicted molar refractivity (Wildman–Crippen MR) is 74.2 cm³/mol. The molecule has 1 amide bonds. The average Bonchev–Trinajstić information content (AvgIpc) is 2.96. The molecule has 2 unspecified atom stereocenters. The van der Waals surface area contributed by atoms with E-state index in [9.17, 15) is 4.79 Å². The van der Waals surface area contributed by atoms with Crippen LogP contribution in [0.1, 0.15) is 30.6 Å². The lowest BCUT2D eigenvalue weighted by molar-refractivity contribution is 0.0727. The van der Waals surface area contributed by atoms with E-state index in [1.54, 1.807) is 0 Å². The first-order valence-corrected chi connectivity index (χ1v) is 6.60. The maximum absolute atomic E-state index is 12.3. The van der Waals surface area contributed by atoms with Crippen molar-refractivity contribution in [1.29, 1.82) is 0 Å². The third-order valence-electron chi connectivity index (χ3n) is 4.10. The molecule has 2 N–H and O–H groups in total. The summed E-state index contributed by atoms with van der Waals surface area (Å²) in [5, 5.41) is 4.21. The Kier molecular flexibility index (Phi) is 2.82. The number of fused-ring (bicyclic) bond motifs is 1. The SMILES string of the molecule is CC1OCCC1(C)NC(=O)c1ccc2cc[nH]c2c1. The van der Waals surface area contributed by atoms with E-state index in [1.165, 1.54) is 0 Å². The molecule has 1 aliphatic heterocycles. The van der Waals surface area contributed by atoms with Gasteiger partial charge in [-0.1, -0.05) is 6.07 Å². The van der Waals surface area contributed by atoms with Crippen LogP contribution in [-0.4, -0.2) is 29.1 Å². The number of benzene rings is 1. The van der Waals surface area contributed by atoms with E-state index in [1.807, 2.05) is 44.3 Å². The largest absolute Gasteiger partial charge is 0.376 e. The zero-order chi connectivity index (χ0) is 13.5. The standard InChI is InChI=1S/C15H18N2O2/c1-10-15(2,6-8-19-10)17-14(18)12-4-3-11-5-7-16-13(11)9-12/h3-5,7,9-10,16H,6,8H2,1-2H3,(H,17,18). The molecule has 1 fully saturated rings. The number of nitrogens with one attached hydrogen (secondary N) is 2. The number of aromatic nitrogens is 1. The summed E-state index contributed by atoms with van der Waals surface area (Å²) in [5.41, 5.74) is 1.38. The molecule has 1 aliphatic rings. The molecule has 3 rings (SSSR count). The molecule has 2 heterocycles. The summed E-state index contributed by atoms with van der Waals surface area (Å²) in [6.45, 7) is 4.74. The van der Waals surface area contributed by atoms with Gasteiger partial charge in [-0.15, -0.1) is 0 Å². The van der Waals surface area contributed by atoms with E-state index in [2.05, 4.69) is 10.3 Å². The summed E-state index contributed by atoms with van der Waals surface area (Å²) >= 11 is 0. The van der Waals surface area contributed by atoms with E-state index < -0.39 is 0 Å². The monoisotopic (exact) mass is 258 g/mol. The third kappa shape index (κ3) is 2.12. The van der Waals surface area contributed by atoms with Gasteiger partial charge in [0, 0.05) is 23.9 Å². The number of carbonyl (C=O) groups excluding carboxylic acids is 1. The van der Waals surface area contributed by atoms with Crippen LogP contribution in [0.25, 0.3) is 10.9 Å². The van der Waals surface area contributed by atoms with Crippen molar-refractivity contribution >= 4 is 16.8 Å². The molecule has 1 aromatic heterocycles. The summed E-state index contributed by atoms with van der Waals surface area (Å²) in [5.74, 6) is -0.0450. The van der Waals surface area contributed by atoms with Gasteiger partial charge in [0.2, 0.25) is 0 Å². The molecule has 1 saturated heterocycles. The van der Waals surface area contributed by atoms with Gasteiger partial charge in [0.1, 0.15) is 0 Å². The van der Waals surface area contributed by atoms with Gasteiger partial charge in [-0.3, -0.25) is 4.79 Å². The lowest BCUT2D eigenvalue weighted by Gasteiger charge is -2.28. The Labute approximate surface area is 112 Å². The van der Waals surface area contributed by atoms with Crippen molar-refractivity contribution in [2.75, 3.05) is 6.61 Å². The smallest absolute Gasteiger partial charge is 0.251 e. The number of hydrogen-bond acceptors (Lipinski definition) is 2. The second kappa shape index (κ2) is 4.38. The maximum Gasteiger partial charge on any atom is 0.251 e. The van der Waals surface area contributed by atoms with Crippen molar-refractivity contribution < 1.29 is 9.53 Å². The number of H-pyrrole nitrogens is 1. The second-order valence-electron chi connectivity index (χ2n) is 5.41. The quantitative estimate of drug-likeness (QED) is 0.869. The topological polar surface area (TPSA) is 54.1 Å². The Morgan fingerprint density at radius 2 is 2.32 bits per heavy atom. The van der Waals surface area contributed by atoms with Crippen LogP contribution in [0.2, 0.25) is 0 Å². The van der Waals surface area contributed by atoms with Crippen LogP contribution in [0.3, 0.4) is 0 Å². The minimum absolute atomic E-state index is 0.0450. The van der Waals surface area contributed by atoms with Gasteiger partial charge in [-0.05, 0) is 43.9 Å². The highest BCUT2D eigenvalue weighted by Crippen LogP contribution is 2.25. The molecule has 0 saturated carbocycles. The number of aromatic amines is 1. The molecule has 19 heavy (non-hydrogen) atoms. The Morgan fingerprint density at radius 1 is 1.47 bits per heavy atom. The molecule has 0 bridgehead atoms. The fourth-order valence-corrected chi connectivity index (χ4v) is 2.52. The minimum Gasteiger partial charge on any atom is -0.376 e. The number of carbonyl (C=O) groups is 1. The molecule has 2 atom stereocenters. The normalized spacial score (nSPS) is 26.7. The van der Waals surface area contributed by atoms with E-state index in [0.717, 1.165) is 17.3 Å². The van der Waals surface area contributed by atoms with Crippen LogP contribution in [0.15, 0.2) is 30.5 Å². The van der Waals surface area contributed by atoms with Gasteiger partial charge >= 0.3 is 0 Å². The zero-order valence-corrected chi connectivity index (χ0v) is 11.2. The average molecular weight is 258 g/mol. The van der Waals surface area contributed by atoms with Gasteiger partial charge in [0.15, 0.2) is 0 Å². The summed E-state index contributed by atoms with van der Waals surface area (Å²) in [6.07, 6.45) is 2.77. The Bertz CT molecular complexity index is 619. The minimum atomic E-state index is -0.276. The van der Waals surface area contributed by atoms with Crippen molar-refractivity contribution in [2.45, 2.75) is 31.9 Å². The summed E-state index contributed by atoms with van der Waals surface area (Å²) < 4.78 is 5.54. The van der Waals surface area contributed by atoms with Crippen LogP contribution in [-0.2, 0) is 4.74 Å². The molecule has 0 spiro atoms. The molecule has 4 nitrogen and oxygen atoms in total. The second-order valence-corrected chi connectivity index (χ2v) is 5.41. The van der Waals surface area contributed by atoms with Gasteiger partial charge in [0.25, 0.3) is 5.91 Å². The number of rotatable bonds is 2. The van der Waals surface area contributed by atoms with Crippen LogP contribution >= 0.6 is 0 Å². The van der Waals surface area contributed by atoms with Crippen molar-refractivity contribution in [2.24, 2.45) is 0 Å². The van der Waals surface area contributed by atoms with Crippen molar-refractivity contribution in [3.8, 4) is 0 Å². The van der Waals surface area contributed by atoms with Crippen LogP contribution < -0.4 is 5.32 Å². The van der Waals surface area contributed by atoms with Crippen LogP contribution in [0.4, 0.5) is 0 Å². The molecule has 100 valence electrons. The van der Waals surface area contributed by atoms with E-state index in [0.29, 0.717) is 12.2 Å². The summed E-state index contributed by atoms with van der Waals surface area (Å²) in [7, 11) is 0. The highest BCUT2D eigenvalue weighted by atomic mass is 16.5. The first kappa shape index (κ1) is 12.2. The maximum atomic E-state index is 12.3. The highest BCUT2D eigenvalue weighted by molar-refractivity contribution is 5.98.